The Morgan fingerprint density at radius 3 is 2.71 bits per heavy atom. The number of hydrogen-bond donors (Lipinski definition) is 1. The minimum absolute atomic E-state index is 0.165. The van der Waals surface area contributed by atoms with E-state index in [2.05, 4.69) is 4.74 Å². The highest BCUT2D eigenvalue weighted by molar-refractivity contribution is 5.75. The predicted molar refractivity (Wildman–Crippen MR) is 55.3 cm³/mol. The Bertz CT molecular complexity index is 258. The van der Waals surface area contributed by atoms with Crippen LogP contribution < -0.4 is 5.73 Å². The van der Waals surface area contributed by atoms with Crippen molar-refractivity contribution >= 4 is 5.97 Å². The van der Waals surface area contributed by atoms with Crippen molar-refractivity contribution in [2.75, 3.05) is 26.2 Å². The van der Waals surface area contributed by atoms with E-state index in [-0.39, 0.29) is 12.6 Å². The summed E-state index contributed by atoms with van der Waals surface area (Å²) < 4.78 is 39.6. The lowest BCUT2D eigenvalue weighted by atomic mass is 10.1. The number of nitrogens with zero attached hydrogens (tertiary/aromatic N) is 1. The molecule has 0 amide bonds. The number of carbonyl (C=O) groups is 1. The fraction of sp³-hybridized carbons (Fsp3) is 0.900. The number of rotatable bonds is 3. The van der Waals surface area contributed by atoms with Gasteiger partial charge in [-0.2, -0.15) is 13.2 Å². The van der Waals surface area contributed by atoms with E-state index in [1.807, 2.05) is 4.90 Å². The molecule has 1 aliphatic heterocycles. The monoisotopic (exact) mass is 254 g/mol. The van der Waals surface area contributed by atoms with Crippen LogP contribution in [0, 0.1) is 0 Å². The zero-order chi connectivity index (χ0) is 12.9. The van der Waals surface area contributed by atoms with Crippen LogP contribution in [-0.4, -0.2) is 49.3 Å². The highest BCUT2D eigenvalue weighted by Crippen LogP contribution is 2.16. The molecule has 0 aliphatic carbocycles. The van der Waals surface area contributed by atoms with Gasteiger partial charge in [-0.1, -0.05) is 0 Å². The quantitative estimate of drug-likeness (QED) is 0.760. The van der Waals surface area contributed by atoms with Gasteiger partial charge in [-0.15, -0.1) is 0 Å². The van der Waals surface area contributed by atoms with E-state index in [0.29, 0.717) is 6.54 Å². The molecule has 17 heavy (non-hydrogen) atoms. The average molecular weight is 254 g/mol. The van der Waals surface area contributed by atoms with Crippen LogP contribution in [-0.2, 0) is 9.53 Å². The van der Waals surface area contributed by atoms with Crippen molar-refractivity contribution in [1.29, 1.82) is 0 Å². The van der Waals surface area contributed by atoms with Gasteiger partial charge >= 0.3 is 12.1 Å². The van der Waals surface area contributed by atoms with Gasteiger partial charge in [0.25, 0.3) is 0 Å². The van der Waals surface area contributed by atoms with Crippen molar-refractivity contribution < 1.29 is 22.7 Å². The summed E-state index contributed by atoms with van der Waals surface area (Å²) in [5.41, 5.74) is 5.77. The van der Waals surface area contributed by atoms with Gasteiger partial charge in [0.1, 0.15) is 6.61 Å². The summed E-state index contributed by atoms with van der Waals surface area (Å²) in [4.78, 5) is 12.4. The van der Waals surface area contributed by atoms with Crippen molar-refractivity contribution in [3.05, 3.63) is 0 Å². The standard InChI is InChI=1S/C10H17F3N2O2/c11-10(12,13)9(16)17-7-6-15-4-1-2-8(14)3-5-15/h8H,1-7,14H2/t8-/m0/s1. The molecular formula is C10H17F3N2O2. The van der Waals surface area contributed by atoms with Crippen LogP contribution >= 0.6 is 0 Å². The third kappa shape index (κ3) is 5.36. The average Bonchev–Trinajstić information content (AvgIpc) is 2.42. The molecule has 1 atom stereocenters. The predicted octanol–water partition coefficient (Wildman–Crippen LogP) is 0.905. The molecule has 1 fully saturated rings. The Morgan fingerprint density at radius 2 is 2.06 bits per heavy atom. The molecule has 0 saturated carbocycles. The molecule has 0 aromatic rings. The molecule has 1 rings (SSSR count). The molecule has 0 spiro atoms. The smallest absolute Gasteiger partial charge is 0.458 e. The molecule has 0 aromatic heterocycles. The van der Waals surface area contributed by atoms with Gasteiger partial charge in [0, 0.05) is 12.6 Å². The largest absolute Gasteiger partial charge is 0.490 e. The minimum Gasteiger partial charge on any atom is -0.458 e. The van der Waals surface area contributed by atoms with E-state index in [1.165, 1.54) is 0 Å². The van der Waals surface area contributed by atoms with Crippen LogP contribution in [0.4, 0.5) is 13.2 Å². The fourth-order valence-corrected chi connectivity index (χ4v) is 1.75. The van der Waals surface area contributed by atoms with Crippen LogP contribution in [0.15, 0.2) is 0 Å². The molecule has 100 valence electrons. The van der Waals surface area contributed by atoms with Gasteiger partial charge in [0.05, 0.1) is 0 Å². The van der Waals surface area contributed by atoms with E-state index >= 15 is 0 Å². The third-order valence-electron chi connectivity index (χ3n) is 2.74. The lowest BCUT2D eigenvalue weighted by Crippen LogP contribution is -2.33. The number of hydrogen-bond acceptors (Lipinski definition) is 4. The van der Waals surface area contributed by atoms with Gasteiger partial charge in [-0.05, 0) is 32.4 Å². The number of esters is 1. The second kappa shape index (κ2) is 6.20. The van der Waals surface area contributed by atoms with Crippen molar-refractivity contribution in [3.8, 4) is 0 Å². The summed E-state index contributed by atoms with van der Waals surface area (Å²) in [6.07, 6.45) is -2.22. The molecule has 0 aromatic carbocycles. The number of ether oxygens (including phenoxy) is 1. The maximum absolute atomic E-state index is 11.8. The normalized spacial score (nSPS) is 23.2. The first kappa shape index (κ1) is 14.2. The van der Waals surface area contributed by atoms with E-state index in [0.717, 1.165) is 32.4 Å². The molecule has 1 aliphatic rings. The number of halogens is 3. The highest BCUT2D eigenvalue weighted by Gasteiger charge is 2.40. The zero-order valence-electron chi connectivity index (χ0n) is 9.50. The lowest BCUT2D eigenvalue weighted by molar-refractivity contribution is -0.200. The van der Waals surface area contributed by atoms with Crippen LogP contribution in [0.3, 0.4) is 0 Å². The van der Waals surface area contributed by atoms with E-state index in [4.69, 9.17) is 5.73 Å². The Morgan fingerprint density at radius 1 is 1.35 bits per heavy atom. The van der Waals surface area contributed by atoms with Gasteiger partial charge in [0.2, 0.25) is 0 Å². The van der Waals surface area contributed by atoms with E-state index < -0.39 is 12.1 Å². The van der Waals surface area contributed by atoms with Gasteiger partial charge in [-0.3, -0.25) is 4.90 Å². The first-order valence-corrected chi connectivity index (χ1v) is 5.61. The second-order valence-electron chi connectivity index (χ2n) is 4.17. The van der Waals surface area contributed by atoms with Crippen molar-refractivity contribution in [2.24, 2.45) is 5.73 Å². The maximum atomic E-state index is 11.8. The molecule has 0 unspecified atom stereocenters. The Labute approximate surface area is 97.9 Å². The van der Waals surface area contributed by atoms with Crippen LogP contribution in [0.1, 0.15) is 19.3 Å². The van der Waals surface area contributed by atoms with Crippen LogP contribution in [0.25, 0.3) is 0 Å². The Kier molecular flexibility index (Phi) is 5.20. The molecular weight excluding hydrogens is 237 g/mol. The molecule has 7 heteroatoms. The van der Waals surface area contributed by atoms with Crippen molar-refractivity contribution in [2.45, 2.75) is 31.5 Å². The van der Waals surface area contributed by atoms with Crippen LogP contribution in [0.2, 0.25) is 0 Å². The number of nitrogens with two attached hydrogens (primary N) is 1. The van der Waals surface area contributed by atoms with Crippen LogP contribution in [0.5, 0.6) is 0 Å². The summed E-state index contributed by atoms with van der Waals surface area (Å²) in [5, 5.41) is 0. The summed E-state index contributed by atoms with van der Waals surface area (Å²) in [7, 11) is 0. The molecule has 4 nitrogen and oxygen atoms in total. The molecule has 0 bridgehead atoms. The molecule has 0 radical (unpaired) electrons. The molecule has 2 N–H and O–H groups in total. The topological polar surface area (TPSA) is 55.6 Å². The second-order valence-corrected chi connectivity index (χ2v) is 4.17. The highest BCUT2D eigenvalue weighted by atomic mass is 19.4. The van der Waals surface area contributed by atoms with E-state index in [1.54, 1.807) is 0 Å². The van der Waals surface area contributed by atoms with E-state index in [9.17, 15) is 18.0 Å². The lowest BCUT2D eigenvalue weighted by Gasteiger charge is -2.19. The third-order valence-corrected chi connectivity index (χ3v) is 2.74. The maximum Gasteiger partial charge on any atom is 0.490 e. The van der Waals surface area contributed by atoms with Crippen molar-refractivity contribution in [3.63, 3.8) is 0 Å². The van der Waals surface area contributed by atoms with Gasteiger partial charge in [-0.25, -0.2) is 4.79 Å². The first-order chi connectivity index (χ1) is 7.89. The Balaban J connectivity index is 2.20. The number of alkyl halides is 3. The minimum atomic E-state index is -4.90. The summed E-state index contributed by atoms with van der Waals surface area (Å²) >= 11 is 0. The number of carbonyl (C=O) groups excluding carboxylic acids is 1. The fourth-order valence-electron chi connectivity index (χ4n) is 1.75. The Hall–Kier alpha value is -0.820. The van der Waals surface area contributed by atoms with Gasteiger partial charge in [0.15, 0.2) is 0 Å². The SMILES string of the molecule is N[C@H]1CCCN(CCOC(=O)C(F)(F)F)CC1. The zero-order valence-corrected chi connectivity index (χ0v) is 9.50. The first-order valence-electron chi connectivity index (χ1n) is 5.61. The van der Waals surface area contributed by atoms with Gasteiger partial charge < -0.3 is 10.5 Å². The van der Waals surface area contributed by atoms with Crippen molar-refractivity contribution in [1.82, 2.24) is 4.90 Å². The summed E-state index contributed by atoms with van der Waals surface area (Å²) in [6.45, 7) is 1.63. The number of likely N-dealkylation sites (tertiary alicyclic amines) is 1. The molecule has 1 saturated heterocycles. The molecule has 1 heterocycles. The summed E-state index contributed by atoms with van der Waals surface area (Å²) in [6, 6.07) is 0.165. The summed E-state index contributed by atoms with van der Waals surface area (Å²) in [5.74, 6) is -2.12.